The van der Waals surface area contributed by atoms with Gasteiger partial charge in [0.15, 0.2) is 0 Å². The second-order valence-corrected chi connectivity index (χ2v) is 7.30. The fourth-order valence-electron chi connectivity index (χ4n) is 3.02. The van der Waals surface area contributed by atoms with Crippen LogP contribution in [-0.4, -0.2) is 35.3 Å². The molecule has 0 saturated carbocycles. The van der Waals surface area contributed by atoms with Gasteiger partial charge in [-0.2, -0.15) is 0 Å². The molecule has 1 aliphatic heterocycles. The monoisotopic (exact) mass is 345 g/mol. The number of urea groups is 1. The minimum Gasteiger partial charge on any atom is -0.326 e. The van der Waals surface area contributed by atoms with Gasteiger partial charge in [-0.3, -0.25) is 14.5 Å². The number of anilines is 1. The maximum atomic E-state index is 12.4. The zero-order valence-corrected chi connectivity index (χ0v) is 15.6. The van der Waals surface area contributed by atoms with Crippen molar-refractivity contribution in [2.75, 3.05) is 11.9 Å². The van der Waals surface area contributed by atoms with E-state index in [0.717, 1.165) is 21.7 Å². The van der Waals surface area contributed by atoms with Gasteiger partial charge in [0.25, 0.3) is 5.91 Å². The van der Waals surface area contributed by atoms with Crippen LogP contribution >= 0.6 is 0 Å². The Kier molecular flexibility index (Phi) is 5.82. The molecule has 1 heterocycles. The van der Waals surface area contributed by atoms with Crippen LogP contribution < -0.4 is 10.6 Å². The zero-order valence-electron chi connectivity index (χ0n) is 15.6. The molecule has 4 amide bonds. The van der Waals surface area contributed by atoms with Crippen molar-refractivity contribution in [2.45, 2.75) is 53.0 Å². The molecule has 2 rings (SSSR count). The molecule has 0 aliphatic carbocycles. The minimum atomic E-state index is -0.537. The summed E-state index contributed by atoms with van der Waals surface area (Å²) in [5.74, 6) is -0.168. The Morgan fingerprint density at radius 1 is 1.24 bits per heavy atom. The van der Waals surface area contributed by atoms with Crippen molar-refractivity contribution in [3.8, 4) is 0 Å². The van der Waals surface area contributed by atoms with Crippen molar-refractivity contribution in [1.82, 2.24) is 10.2 Å². The van der Waals surface area contributed by atoms with E-state index in [4.69, 9.17) is 0 Å². The average Bonchev–Trinajstić information content (AvgIpc) is 2.76. The van der Waals surface area contributed by atoms with Crippen LogP contribution in [0.1, 0.15) is 51.2 Å². The Morgan fingerprint density at radius 3 is 2.52 bits per heavy atom. The zero-order chi connectivity index (χ0) is 18.7. The van der Waals surface area contributed by atoms with Crippen LogP contribution in [0.15, 0.2) is 18.2 Å². The largest absolute Gasteiger partial charge is 0.326 e. The van der Waals surface area contributed by atoms with Gasteiger partial charge >= 0.3 is 6.03 Å². The fourth-order valence-corrected chi connectivity index (χ4v) is 3.02. The van der Waals surface area contributed by atoms with Gasteiger partial charge in [0.05, 0.1) is 0 Å². The number of para-hydroxylation sites is 1. The van der Waals surface area contributed by atoms with E-state index in [1.165, 1.54) is 0 Å². The number of imide groups is 1. The van der Waals surface area contributed by atoms with Crippen LogP contribution in [-0.2, 0) is 9.59 Å². The number of benzene rings is 1. The van der Waals surface area contributed by atoms with E-state index >= 15 is 0 Å². The summed E-state index contributed by atoms with van der Waals surface area (Å²) in [6.45, 7) is 9.73. The maximum absolute atomic E-state index is 12.4. The Labute approximate surface area is 149 Å². The van der Waals surface area contributed by atoms with Gasteiger partial charge in [-0.15, -0.1) is 0 Å². The van der Waals surface area contributed by atoms with E-state index in [1.807, 2.05) is 39.0 Å². The number of aryl methyl sites for hydroxylation is 1. The third-order valence-corrected chi connectivity index (χ3v) is 4.31. The fraction of sp³-hybridized carbons (Fsp3) is 0.526. The molecule has 1 saturated heterocycles. The quantitative estimate of drug-likeness (QED) is 0.778. The molecule has 0 spiro atoms. The number of carbonyl (C=O) groups excluding carboxylic acids is 3. The number of hydrogen-bond donors (Lipinski definition) is 2. The van der Waals surface area contributed by atoms with E-state index < -0.39 is 12.1 Å². The molecule has 1 aromatic carbocycles. The lowest BCUT2D eigenvalue weighted by molar-refractivity contribution is -0.131. The van der Waals surface area contributed by atoms with E-state index in [0.29, 0.717) is 6.42 Å². The number of nitrogens with zero attached hydrogens (tertiary/aromatic N) is 1. The number of rotatable bonds is 6. The van der Waals surface area contributed by atoms with Gasteiger partial charge in [-0.05, 0) is 36.3 Å². The Hall–Kier alpha value is -2.37. The Morgan fingerprint density at radius 2 is 1.92 bits per heavy atom. The van der Waals surface area contributed by atoms with E-state index in [-0.39, 0.29) is 30.2 Å². The number of amides is 4. The smallest absolute Gasteiger partial charge is 0.325 e. The molecule has 1 atom stereocenters. The standard InChI is InChI=1S/C19H27N3O3/c1-11(2)9-15-18(24)22(19(25)20-15)10-16(23)21-17-13(5)7-6-8-14(17)12(3)4/h6-8,11-12,15H,9-10H2,1-5H3,(H,20,25)(H,21,23). The molecule has 0 aromatic heterocycles. The first-order valence-electron chi connectivity index (χ1n) is 8.72. The summed E-state index contributed by atoms with van der Waals surface area (Å²) in [6.07, 6.45) is 0.567. The number of hydrogen-bond acceptors (Lipinski definition) is 3. The predicted molar refractivity (Wildman–Crippen MR) is 97.4 cm³/mol. The topological polar surface area (TPSA) is 78.5 Å². The van der Waals surface area contributed by atoms with Crippen LogP contribution in [0.5, 0.6) is 0 Å². The summed E-state index contributed by atoms with van der Waals surface area (Å²) in [5, 5.41) is 5.52. The lowest BCUT2D eigenvalue weighted by atomic mass is 9.98. The molecule has 6 nitrogen and oxygen atoms in total. The highest BCUT2D eigenvalue weighted by atomic mass is 16.2. The highest BCUT2D eigenvalue weighted by Gasteiger charge is 2.39. The average molecular weight is 345 g/mol. The lowest BCUT2D eigenvalue weighted by Gasteiger charge is -2.18. The summed E-state index contributed by atoms with van der Waals surface area (Å²) >= 11 is 0. The molecule has 1 aliphatic rings. The summed E-state index contributed by atoms with van der Waals surface area (Å²) in [5.41, 5.74) is 2.74. The highest BCUT2D eigenvalue weighted by Crippen LogP contribution is 2.27. The molecule has 1 unspecified atom stereocenters. The van der Waals surface area contributed by atoms with E-state index in [2.05, 4.69) is 24.5 Å². The van der Waals surface area contributed by atoms with Crippen LogP contribution in [0.25, 0.3) is 0 Å². The van der Waals surface area contributed by atoms with Gasteiger partial charge in [0, 0.05) is 5.69 Å². The van der Waals surface area contributed by atoms with Crippen LogP contribution in [0, 0.1) is 12.8 Å². The number of carbonyl (C=O) groups is 3. The third kappa shape index (κ3) is 4.38. The third-order valence-electron chi connectivity index (χ3n) is 4.31. The van der Waals surface area contributed by atoms with Gasteiger partial charge in [-0.1, -0.05) is 45.9 Å². The molecular formula is C19H27N3O3. The van der Waals surface area contributed by atoms with Crippen molar-refractivity contribution in [3.05, 3.63) is 29.3 Å². The first kappa shape index (κ1) is 19.0. The van der Waals surface area contributed by atoms with Crippen LogP contribution in [0.3, 0.4) is 0 Å². The van der Waals surface area contributed by atoms with E-state index in [1.54, 1.807) is 0 Å². The summed E-state index contributed by atoms with van der Waals surface area (Å²) in [4.78, 5) is 37.8. The van der Waals surface area contributed by atoms with Crippen molar-refractivity contribution < 1.29 is 14.4 Å². The minimum absolute atomic E-state index is 0.252. The maximum Gasteiger partial charge on any atom is 0.325 e. The normalized spacial score (nSPS) is 17.4. The molecule has 0 radical (unpaired) electrons. The highest BCUT2D eigenvalue weighted by molar-refractivity contribution is 6.08. The number of nitrogens with one attached hydrogen (secondary N) is 2. The van der Waals surface area contributed by atoms with Gasteiger partial charge < -0.3 is 10.6 Å². The molecule has 0 bridgehead atoms. The first-order valence-corrected chi connectivity index (χ1v) is 8.72. The van der Waals surface area contributed by atoms with Crippen molar-refractivity contribution in [1.29, 1.82) is 0 Å². The van der Waals surface area contributed by atoms with Crippen molar-refractivity contribution in [3.63, 3.8) is 0 Å². The molecule has 6 heteroatoms. The second-order valence-electron chi connectivity index (χ2n) is 7.30. The van der Waals surface area contributed by atoms with E-state index in [9.17, 15) is 14.4 Å². The molecule has 1 aromatic rings. The van der Waals surface area contributed by atoms with Crippen LogP contribution in [0.4, 0.5) is 10.5 Å². The van der Waals surface area contributed by atoms with Gasteiger partial charge in [0.2, 0.25) is 5.91 Å². The molecule has 25 heavy (non-hydrogen) atoms. The first-order chi connectivity index (χ1) is 11.7. The second kappa shape index (κ2) is 7.68. The molecule has 136 valence electrons. The summed E-state index contributed by atoms with van der Waals surface area (Å²) in [6, 6.07) is 4.81. The molecular weight excluding hydrogens is 318 g/mol. The molecule has 2 N–H and O–H groups in total. The predicted octanol–water partition coefficient (Wildman–Crippen LogP) is 3.02. The molecule has 1 fully saturated rings. The Balaban J connectivity index is 2.09. The van der Waals surface area contributed by atoms with Gasteiger partial charge in [0.1, 0.15) is 12.6 Å². The van der Waals surface area contributed by atoms with Gasteiger partial charge in [-0.25, -0.2) is 4.79 Å². The summed E-state index contributed by atoms with van der Waals surface area (Å²) < 4.78 is 0. The summed E-state index contributed by atoms with van der Waals surface area (Å²) in [7, 11) is 0. The van der Waals surface area contributed by atoms with Crippen LogP contribution in [0.2, 0.25) is 0 Å². The van der Waals surface area contributed by atoms with Crippen molar-refractivity contribution in [2.24, 2.45) is 5.92 Å². The lowest BCUT2D eigenvalue weighted by Crippen LogP contribution is -2.38. The van der Waals surface area contributed by atoms with Crippen molar-refractivity contribution >= 4 is 23.5 Å². The Bertz CT molecular complexity index is 682. The SMILES string of the molecule is Cc1cccc(C(C)C)c1NC(=O)CN1C(=O)NC(CC(C)C)C1=O.